The largest absolute Gasteiger partial charge is 0.416 e. The Bertz CT molecular complexity index is 880. The highest BCUT2D eigenvalue weighted by Crippen LogP contribution is 2.33. The Kier molecular flexibility index (Phi) is 4.59. The van der Waals surface area contributed by atoms with Crippen LogP contribution >= 0.6 is 11.8 Å². The fourth-order valence-electron chi connectivity index (χ4n) is 2.57. The second-order valence-electron chi connectivity index (χ2n) is 5.69. The molecule has 1 amide bonds. The lowest BCUT2D eigenvalue weighted by molar-refractivity contribution is -0.137. The molecule has 0 saturated carbocycles. The Morgan fingerprint density at radius 2 is 2.20 bits per heavy atom. The van der Waals surface area contributed by atoms with Gasteiger partial charge in [-0.15, -0.1) is 0 Å². The zero-order chi connectivity index (χ0) is 18.2. The van der Waals surface area contributed by atoms with E-state index in [9.17, 15) is 22.8 Å². The highest BCUT2D eigenvalue weighted by molar-refractivity contribution is 7.99. The van der Waals surface area contributed by atoms with Gasteiger partial charge in [-0.1, -0.05) is 17.8 Å². The van der Waals surface area contributed by atoms with E-state index in [0.717, 1.165) is 12.1 Å². The average molecular weight is 369 g/mol. The van der Waals surface area contributed by atoms with Crippen LogP contribution in [0.25, 0.3) is 0 Å². The molecule has 1 unspecified atom stereocenters. The number of rotatable bonds is 3. The van der Waals surface area contributed by atoms with Crippen LogP contribution in [0.5, 0.6) is 0 Å². The van der Waals surface area contributed by atoms with Crippen molar-refractivity contribution >= 4 is 23.4 Å². The predicted octanol–water partition coefficient (Wildman–Crippen LogP) is 3.25. The van der Waals surface area contributed by atoms with Gasteiger partial charge in [-0.25, -0.2) is 4.98 Å². The Morgan fingerprint density at radius 1 is 1.44 bits per heavy atom. The van der Waals surface area contributed by atoms with Gasteiger partial charge in [0.1, 0.15) is 0 Å². The first-order valence-electron chi connectivity index (χ1n) is 7.44. The third-order valence-corrected chi connectivity index (χ3v) is 4.91. The van der Waals surface area contributed by atoms with Crippen molar-refractivity contribution in [1.82, 2.24) is 9.55 Å². The summed E-state index contributed by atoms with van der Waals surface area (Å²) in [5.74, 6) is 0.0630. The number of thioether (sulfide) groups is 1. The third kappa shape index (κ3) is 3.71. The number of aryl methyl sites for hydroxylation is 1. The van der Waals surface area contributed by atoms with E-state index >= 15 is 0 Å². The molecule has 1 aliphatic heterocycles. The summed E-state index contributed by atoms with van der Waals surface area (Å²) in [7, 11) is 0. The second-order valence-corrected chi connectivity index (χ2v) is 6.68. The van der Waals surface area contributed by atoms with Crippen LogP contribution < -0.4 is 10.9 Å². The number of fused-ring (bicyclic) bond motifs is 1. The fraction of sp³-hybridized carbons (Fsp3) is 0.312. The minimum absolute atomic E-state index is 0.0126. The summed E-state index contributed by atoms with van der Waals surface area (Å²) in [6, 6.07) is 4.07. The molecule has 2 heterocycles. The second kappa shape index (κ2) is 6.55. The lowest BCUT2D eigenvalue weighted by atomic mass is 10.1. The van der Waals surface area contributed by atoms with Crippen molar-refractivity contribution in [2.45, 2.75) is 30.7 Å². The van der Waals surface area contributed by atoms with E-state index in [1.165, 1.54) is 34.7 Å². The Morgan fingerprint density at radius 3 is 2.92 bits per heavy atom. The van der Waals surface area contributed by atoms with Crippen molar-refractivity contribution in [3.63, 3.8) is 0 Å². The van der Waals surface area contributed by atoms with E-state index in [1.54, 1.807) is 6.92 Å². The van der Waals surface area contributed by atoms with E-state index in [2.05, 4.69) is 10.3 Å². The maximum Gasteiger partial charge on any atom is 0.416 e. The number of benzene rings is 1. The molecule has 0 spiro atoms. The van der Waals surface area contributed by atoms with Crippen molar-refractivity contribution in [2.75, 3.05) is 11.1 Å². The van der Waals surface area contributed by atoms with Crippen LogP contribution in [0.3, 0.4) is 0 Å². The van der Waals surface area contributed by atoms with E-state index < -0.39 is 17.6 Å². The summed E-state index contributed by atoms with van der Waals surface area (Å²) in [6.45, 7) is 1.64. The maximum atomic E-state index is 12.7. The fourth-order valence-corrected chi connectivity index (χ4v) is 3.68. The minimum Gasteiger partial charge on any atom is -0.326 e. The molecule has 0 saturated heterocycles. The summed E-state index contributed by atoms with van der Waals surface area (Å²) in [4.78, 5) is 28.6. The molecule has 9 heteroatoms. The van der Waals surface area contributed by atoms with Gasteiger partial charge in [0.2, 0.25) is 5.91 Å². The van der Waals surface area contributed by atoms with Gasteiger partial charge in [0, 0.05) is 29.6 Å². The smallest absolute Gasteiger partial charge is 0.326 e. The van der Waals surface area contributed by atoms with E-state index in [1.807, 2.05) is 0 Å². The molecule has 25 heavy (non-hydrogen) atoms. The monoisotopic (exact) mass is 369 g/mol. The molecule has 132 valence electrons. The number of amides is 1. The maximum absolute atomic E-state index is 12.7. The molecule has 2 aromatic rings. The van der Waals surface area contributed by atoms with Crippen molar-refractivity contribution < 1.29 is 18.0 Å². The van der Waals surface area contributed by atoms with Gasteiger partial charge >= 0.3 is 6.18 Å². The lowest BCUT2D eigenvalue weighted by Crippen LogP contribution is -2.28. The first-order valence-corrected chi connectivity index (χ1v) is 8.42. The number of carbonyl (C=O) groups is 1. The summed E-state index contributed by atoms with van der Waals surface area (Å²) in [5.41, 5.74) is -0.482. The van der Waals surface area contributed by atoms with Gasteiger partial charge in [-0.05, 0) is 25.1 Å². The van der Waals surface area contributed by atoms with E-state index in [0.29, 0.717) is 16.5 Å². The Balaban J connectivity index is 1.74. The predicted molar refractivity (Wildman–Crippen MR) is 87.7 cm³/mol. The quantitative estimate of drug-likeness (QED) is 0.844. The van der Waals surface area contributed by atoms with Gasteiger partial charge in [0.15, 0.2) is 5.16 Å². The van der Waals surface area contributed by atoms with Crippen LogP contribution in [-0.2, 0) is 11.0 Å². The van der Waals surface area contributed by atoms with Gasteiger partial charge in [0.25, 0.3) is 5.56 Å². The normalized spacial score (nSPS) is 16.6. The third-order valence-electron chi connectivity index (χ3n) is 3.80. The number of nitrogens with zero attached hydrogens (tertiary/aromatic N) is 2. The standard InChI is InChI=1S/C16H14F3N3O2S/c1-9-7-20-15-22(14(9)24)12(8-25-15)6-13(23)21-11-4-2-3-10(5-11)16(17,18)19/h2-5,7,12H,6,8H2,1H3,(H,21,23). The average Bonchev–Trinajstić information content (AvgIpc) is 2.94. The van der Waals surface area contributed by atoms with Crippen LogP contribution in [0.2, 0.25) is 0 Å². The first kappa shape index (κ1) is 17.5. The number of hydrogen-bond donors (Lipinski definition) is 1. The van der Waals surface area contributed by atoms with E-state index in [4.69, 9.17) is 0 Å². The SMILES string of the molecule is Cc1cnc2n(c1=O)C(CC(=O)Nc1cccc(C(F)(F)F)c1)CS2. The zero-order valence-electron chi connectivity index (χ0n) is 13.1. The molecule has 1 N–H and O–H groups in total. The number of hydrogen-bond acceptors (Lipinski definition) is 4. The molecule has 3 rings (SSSR count). The Hall–Kier alpha value is -2.29. The minimum atomic E-state index is -4.47. The first-order chi connectivity index (χ1) is 11.8. The van der Waals surface area contributed by atoms with Crippen molar-refractivity contribution in [3.05, 3.63) is 51.9 Å². The molecule has 0 radical (unpaired) electrons. The molecular formula is C16H14F3N3O2S. The molecule has 1 aliphatic rings. The van der Waals surface area contributed by atoms with Crippen LogP contribution in [0, 0.1) is 6.92 Å². The van der Waals surface area contributed by atoms with Gasteiger partial charge in [-0.2, -0.15) is 13.2 Å². The van der Waals surface area contributed by atoms with Crippen LogP contribution in [-0.4, -0.2) is 21.2 Å². The molecular weight excluding hydrogens is 355 g/mol. The van der Waals surface area contributed by atoms with Crippen molar-refractivity contribution in [3.8, 4) is 0 Å². The number of nitrogens with one attached hydrogen (secondary N) is 1. The zero-order valence-corrected chi connectivity index (χ0v) is 13.9. The molecule has 5 nitrogen and oxygen atoms in total. The molecule has 1 aromatic heterocycles. The highest BCUT2D eigenvalue weighted by Gasteiger charge is 2.31. The molecule has 0 bridgehead atoms. The Labute approximate surface area is 145 Å². The lowest BCUT2D eigenvalue weighted by Gasteiger charge is -2.14. The molecule has 0 aliphatic carbocycles. The number of aromatic nitrogens is 2. The topological polar surface area (TPSA) is 64.0 Å². The van der Waals surface area contributed by atoms with Gasteiger partial charge in [-0.3, -0.25) is 14.2 Å². The number of alkyl halides is 3. The van der Waals surface area contributed by atoms with Crippen LogP contribution in [0.15, 0.2) is 40.4 Å². The molecule has 1 atom stereocenters. The highest BCUT2D eigenvalue weighted by atomic mass is 32.2. The van der Waals surface area contributed by atoms with Crippen LogP contribution in [0.4, 0.5) is 18.9 Å². The van der Waals surface area contributed by atoms with Crippen LogP contribution in [0.1, 0.15) is 23.6 Å². The molecule has 1 aromatic carbocycles. The van der Waals surface area contributed by atoms with Gasteiger partial charge in [0.05, 0.1) is 11.6 Å². The number of carbonyl (C=O) groups excluding carboxylic acids is 1. The molecule has 0 fully saturated rings. The van der Waals surface area contributed by atoms with E-state index in [-0.39, 0.29) is 23.7 Å². The summed E-state index contributed by atoms with van der Waals surface area (Å²) >= 11 is 1.38. The van der Waals surface area contributed by atoms with Crippen molar-refractivity contribution in [2.24, 2.45) is 0 Å². The number of halogens is 3. The summed E-state index contributed by atoms with van der Waals surface area (Å²) in [5, 5.41) is 3.01. The summed E-state index contributed by atoms with van der Waals surface area (Å²) < 4.78 is 39.6. The summed E-state index contributed by atoms with van der Waals surface area (Å²) in [6.07, 6.45) is -2.99. The number of anilines is 1. The van der Waals surface area contributed by atoms with Crippen molar-refractivity contribution in [1.29, 1.82) is 0 Å². The van der Waals surface area contributed by atoms with Gasteiger partial charge < -0.3 is 5.32 Å².